The van der Waals surface area contributed by atoms with Crippen LogP contribution in [-0.2, 0) is 28.5 Å². The molecule has 0 amide bonds. The van der Waals surface area contributed by atoms with Crippen LogP contribution in [0.2, 0.25) is 0 Å². The molecule has 0 aromatic heterocycles. The Morgan fingerprint density at radius 1 is 1.37 bits per heavy atom. The number of methoxy groups -OCH3 is 1. The van der Waals surface area contributed by atoms with Crippen LogP contribution < -0.4 is 0 Å². The Labute approximate surface area is 112 Å². The van der Waals surface area contributed by atoms with Crippen molar-refractivity contribution < 1.29 is 28.5 Å². The minimum atomic E-state index is -0.928. The minimum Gasteiger partial charge on any atom is -0.466 e. The lowest BCUT2D eigenvalue weighted by Crippen LogP contribution is -2.29. The number of carbonyl (C=O) groups is 2. The van der Waals surface area contributed by atoms with Crippen LogP contribution in [0.25, 0.3) is 0 Å². The number of carbonyl (C=O) groups excluding carboxylic acids is 2. The Kier molecular flexibility index (Phi) is 5.98. The summed E-state index contributed by atoms with van der Waals surface area (Å²) in [5.74, 6) is -1.71. The highest BCUT2D eigenvalue weighted by Gasteiger charge is 2.34. The zero-order valence-electron chi connectivity index (χ0n) is 11.5. The van der Waals surface area contributed by atoms with Gasteiger partial charge in [-0.25, -0.2) is 4.79 Å². The largest absolute Gasteiger partial charge is 0.466 e. The zero-order valence-corrected chi connectivity index (χ0v) is 11.5. The fourth-order valence-electron chi connectivity index (χ4n) is 1.80. The molecular formula is C13H20O6. The van der Waals surface area contributed by atoms with Gasteiger partial charge in [0.1, 0.15) is 0 Å². The van der Waals surface area contributed by atoms with Crippen LogP contribution in [0.4, 0.5) is 0 Å². The number of ether oxygens (including phenoxy) is 4. The summed E-state index contributed by atoms with van der Waals surface area (Å²) in [6.07, 6.45) is 3.67. The van der Waals surface area contributed by atoms with Crippen molar-refractivity contribution >= 4 is 11.9 Å². The molecule has 1 heterocycles. The van der Waals surface area contributed by atoms with Crippen molar-refractivity contribution in [2.24, 2.45) is 0 Å². The highest BCUT2D eigenvalue weighted by atomic mass is 16.7. The third kappa shape index (κ3) is 5.40. The predicted molar refractivity (Wildman–Crippen MR) is 66.3 cm³/mol. The van der Waals surface area contributed by atoms with Crippen LogP contribution in [0.15, 0.2) is 12.2 Å². The van der Waals surface area contributed by atoms with Crippen molar-refractivity contribution in [2.75, 3.05) is 20.3 Å². The molecule has 108 valence electrons. The van der Waals surface area contributed by atoms with Crippen molar-refractivity contribution in [1.29, 1.82) is 0 Å². The van der Waals surface area contributed by atoms with Crippen LogP contribution >= 0.6 is 0 Å². The van der Waals surface area contributed by atoms with Gasteiger partial charge in [0, 0.05) is 19.4 Å². The summed E-state index contributed by atoms with van der Waals surface area (Å²) in [5.41, 5.74) is 0. The number of rotatable bonds is 6. The van der Waals surface area contributed by atoms with Crippen molar-refractivity contribution in [3.05, 3.63) is 12.2 Å². The fourth-order valence-corrected chi connectivity index (χ4v) is 1.80. The van der Waals surface area contributed by atoms with Crippen LogP contribution in [0, 0.1) is 0 Å². The summed E-state index contributed by atoms with van der Waals surface area (Å²) >= 11 is 0. The Bertz CT molecular complexity index is 343. The molecule has 6 nitrogen and oxygen atoms in total. The molecule has 1 saturated heterocycles. The molecule has 1 rings (SSSR count). The first-order valence-corrected chi connectivity index (χ1v) is 6.20. The van der Waals surface area contributed by atoms with E-state index in [2.05, 4.69) is 4.74 Å². The molecule has 0 saturated carbocycles. The van der Waals surface area contributed by atoms with Crippen LogP contribution in [-0.4, -0.2) is 44.2 Å². The van der Waals surface area contributed by atoms with E-state index >= 15 is 0 Å². The van der Waals surface area contributed by atoms with Gasteiger partial charge in [-0.3, -0.25) is 4.79 Å². The van der Waals surface area contributed by atoms with E-state index in [1.807, 2.05) is 0 Å². The molecule has 0 unspecified atom stereocenters. The smallest absolute Gasteiger partial charge is 0.330 e. The van der Waals surface area contributed by atoms with Gasteiger partial charge in [0.2, 0.25) is 0 Å². The lowest BCUT2D eigenvalue weighted by molar-refractivity contribution is -0.150. The topological polar surface area (TPSA) is 71.1 Å². The summed E-state index contributed by atoms with van der Waals surface area (Å²) in [6, 6.07) is 0. The molecule has 0 aromatic rings. The molecule has 0 aromatic carbocycles. The number of esters is 2. The van der Waals surface area contributed by atoms with Gasteiger partial charge in [0.15, 0.2) is 5.79 Å². The normalized spacial score (nSPS) is 19.3. The highest BCUT2D eigenvalue weighted by Crippen LogP contribution is 2.27. The van der Waals surface area contributed by atoms with Crippen molar-refractivity contribution in [1.82, 2.24) is 0 Å². The maximum Gasteiger partial charge on any atom is 0.330 e. The summed E-state index contributed by atoms with van der Waals surface area (Å²) in [7, 11) is 1.30. The fraction of sp³-hybridized carbons (Fsp3) is 0.692. The van der Waals surface area contributed by atoms with Gasteiger partial charge in [-0.1, -0.05) is 0 Å². The maximum absolute atomic E-state index is 11.1. The highest BCUT2D eigenvalue weighted by molar-refractivity contribution is 5.81. The Morgan fingerprint density at radius 2 is 2.00 bits per heavy atom. The van der Waals surface area contributed by atoms with Crippen molar-refractivity contribution in [3.8, 4) is 0 Å². The summed E-state index contributed by atoms with van der Waals surface area (Å²) in [4.78, 5) is 21.9. The SMILES string of the molecule is COC(=O)/C=C/C1(CC[C@H](C)OC(C)=O)OCCO1. The first-order valence-electron chi connectivity index (χ1n) is 6.20. The van der Waals surface area contributed by atoms with Crippen LogP contribution in [0.3, 0.4) is 0 Å². The maximum atomic E-state index is 11.1. The molecule has 1 fully saturated rings. The van der Waals surface area contributed by atoms with Gasteiger partial charge in [-0.05, 0) is 19.4 Å². The number of hydrogen-bond donors (Lipinski definition) is 0. The second-order valence-electron chi connectivity index (χ2n) is 4.32. The molecule has 1 aliphatic heterocycles. The molecular weight excluding hydrogens is 252 g/mol. The quantitative estimate of drug-likeness (QED) is 0.534. The first-order chi connectivity index (χ1) is 8.97. The van der Waals surface area contributed by atoms with E-state index in [1.165, 1.54) is 20.1 Å². The molecule has 1 atom stereocenters. The molecule has 0 spiro atoms. The summed E-state index contributed by atoms with van der Waals surface area (Å²) in [5, 5.41) is 0. The molecule has 19 heavy (non-hydrogen) atoms. The molecule has 0 aliphatic carbocycles. The second-order valence-corrected chi connectivity index (χ2v) is 4.32. The minimum absolute atomic E-state index is 0.228. The third-order valence-electron chi connectivity index (χ3n) is 2.72. The second kappa shape index (κ2) is 7.25. The van der Waals surface area contributed by atoms with Crippen LogP contribution in [0.1, 0.15) is 26.7 Å². The molecule has 1 aliphatic rings. The molecule has 6 heteroatoms. The van der Waals surface area contributed by atoms with Gasteiger partial charge >= 0.3 is 11.9 Å². The van der Waals surface area contributed by atoms with Crippen molar-refractivity contribution in [3.63, 3.8) is 0 Å². The van der Waals surface area contributed by atoms with E-state index in [1.54, 1.807) is 13.0 Å². The van der Waals surface area contributed by atoms with Gasteiger partial charge in [-0.15, -0.1) is 0 Å². The third-order valence-corrected chi connectivity index (χ3v) is 2.72. The lowest BCUT2D eigenvalue weighted by Gasteiger charge is -2.25. The van der Waals surface area contributed by atoms with E-state index < -0.39 is 11.8 Å². The predicted octanol–water partition coefficient (Wildman–Crippen LogP) is 1.19. The van der Waals surface area contributed by atoms with E-state index in [9.17, 15) is 9.59 Å². The summed E-state index contributed by atoms with van der Waals surface area (Å²) < 4.78 is 20.6. The van der Waals surface area contributed by atoms with E-state index in [0.717, 1.165) is 0 Å². The summed E-state index contributed by atoms with van der Waals surface area (Å²) in [6.45, 7) is 4.10. The lowest BCUT2D eigenvalue weighted by atomic mass is 10.1. The van der Waals surface area contributed by atoms with Gasteiger partial charge in [0.25, 0.3) is 0 Å². The van der Waals surface area contributed by atoms with E-state index in [-0.39, 0.29) is 12.1 Å². The molecule has 0 radical (unpaired) electrons. The molecule has 0 N–H and O–H groups in total. The Hall–Kier alpha value is -1.40. The molecule has 0 bridgehead atoms. The van der Waals surface area contributed by atoms with Gasteiger partial charge in [-0.2, -0.15) is 0 Å². The zero-order chi connectivity index (χ0) is 14.3. The average molecular weight is 272 g/mol. The first kappa shape index (κ1) is 15.7. The number of hydrogen-bond acceptors (Lipinski definition) is 6. The van der Waals surface area contributed by atoms with Crippen LogP contribution in [0.5, 0.6) is 0 Å². The Balaban J connectivity index is 2.54. The van der Waals surface area contributed by atoms with E-state index in [0.29, 0.717) is 26.1 Å². The van der Waals surface area contributed by atoms with E-state index in [4.69, 9.17) is 14.2 Å². The average Bonchev–Trinajstić information content (AvgIpc) is 2.82. The monoisotopic (exact) mass is 272 g/mol. The Morgan fingerprint density at radius 3 is 2.53 bits per heavy atom. The van der Waals surface area contributed by atoms with Gasteiger partial charge in [0.05, 0.1) is 26.4 Å². The standard InChI is InChI=1S/C13H20O6/c1-10(19-11(2)14)4-6-13(17-8-9-18-13)7-5-12(15)16-3/h5,7,10H,4,6,8-9H2,1-3H3/b7-5+/t10-/m0/s1. The van der Waals surface area contributed by atoms with Crippen molar-refractivity contribution in [2.45, 2.75) is 38.6 Å². The van der Waals surface area contributed by atoms with Gasteiger partial charge < -0.3 is 18.9 Å².